The van der Waals surface area contributed by atoms with Crippen LogP contribution in [0.1, 0.15) is 19.3 Å². The Morgan fingerprint density at radius 1 is 1.32 bits per heavy atom. The summed E-state index contributed by atoms with van der Waals surface area (Å²) in [5.74, 6) is -0.967. The van der Waals surface area contributed by atoms with Gasteiger partial charge in [0.05, 0.1) is 29.3 Å². The summed E-state index contributed by atoms with van der Waals surface area (Å²) in [6, 6.07) is 4.42. The second kappa shape index (κ2) is 9.80. The van der Waals surface area contributed by atoms with Gasteiger partial charge in [0.1, 0.15) is 12.4 Å². The number of hydrogen-bond acceptors (Lipinski definition) is 4. The summed E-state index contributed by atoms with van der Waals surface area (Å²) < 4.78 is 60.7. The van der Waals surface area contributed by atoms with Crippen molar-refractivity contribution in [3.8, 4) is 11.3 Å². The molecule has 1 heterocycles. The maximum absolute atomic E-state index is 13.6. The first-order valence-corrected chi connectivity index (χ1v) is 9.78. The molecular formula is C20H20ClF4N3O3. The van der Waals surface area contributed by atoms with E-state index in [0.29, 0.717) is 29.9 Å². The van der Waals surface area contributed by atoms with E-state index in [1.54, 1.807) is 23.2 Å². The van der Waals surface area contributed by atoms with Crippen LogP contribution in [0.3, 0.4) is 0 Å². The topological polar surface area (TPSA) is 65.4 Å². The molecule has 0 radical (unpaired) electrons. The van der Waals surface area contributed by atoms with Crippen molar-refractivity contribution in [2.45, 2.75) is 44.4 Å². The average Bonchev–Trinajstić information content (AvgIpc) is 3.12. The van der Waals surface area contributed by atoms with Gasteiger partial charge in [0, 0.05) is 43.3 Å². The van der Waals surface area contributed by atoms with Gasteiger partial charge < -0.3 is 14.6 Å². The molecule has 1 N–H and O–H groups in total. The standard InChI is InChI=1S/C20H20ClF4N3O3/c1-12(27-19(29)10-30-14-7-15(8-14)31-20(23,24)25)4-5-28-9-18(26-11-28)13-2-3-16(21)17(22)6-13/h2-3,6,9,11,14-15H,1,4-5,7-8,10H2,(H,27,29)/t14-,15+. The number of aryl methyl sites for hydroxylation is 1. The molecular weight excluding hydrogens is 442 g/mol. The second-order valence-electron chi connectivity index (χ2n) is 7.12. The van der Waals surface area contributed by atoms with Gasteiger partial charge in [-0.25, -0.2) is 9.37 Å². The Labute approximate surface area is 180 Å². The zero-order chi connectivity index (χ0) is 22.6. The molecule has 1 aliphatic carbocycles. The first-order valence-electron chi connectivity index (χ1n) is 9.40. The Morgan fingerprint density at radius 2 is 2.06 bits per heavy atom. The minimum atomic E-state index is -4.66. The molecule has 11 heteroatoms. The van der Waals surface area contributed by atoms with E-state index >= 15 is 0 Å². The highest BCUT2D eigenvalue weighted by Crippen LogP contribution is 2.32. The minimum Gasteiger partial charge on any atom is -0.368 e. The van der Waals surface area contributed by atoms with Crippen LogP contribution in [0.15, 0.2) is 43.0 Å². The number of benzene rings is 1. The monoisotopic (exact) mass is 461 g/mol. The summed E-state index contributed by atoms with van der Waals surface area (Å²) in [7, 11) is 0. The van der Waals surface area contributed by atoms with Crippen LogP contribution < -0.4 is 5.32 Å². The predicted octanol–water partition coefficient (Wildman–Crippen LogP) is 4.45. The first-order chi connectivity index (χ1) is 14.6. The number of halogens is 5. The second-order valence-corrected chi connectivity index (χ2v) is 7.52. The normalized spacial score (nSPS) is 18.5. The lowest BCUT2D eigenvalue weighted by molar-refractivity contribution is -0.357. The summed E-state index contributed by atoms with van der Waals surface area (Å²) in [5.41, 5.74) is 1.61. The van der Waals surface area contributed by atoms with E-state index in [1.165, 1.54) is 12.1 Å². The fourth-order valence-corrected chi connectivity index (χ4v) is 3.10. The van der Waals surface area contributed by atoms with Crippen LogP contribution in [-0.2, 0) is 20.8 Å². The van der Waals surface area contributed by atoms with Gasteiger partial charge in [0.2, 0.25) is 5.91 Å². The number of carbonyl (C=O) groups is 1. The van der Waals surface area contributed by atoms with E-state index in [1.807, 2.05) is 0 Å². The van der Waals surface area contributed by atoms with Crippen LogP contribution in [0.4, 0.5) is 17.6 Å². The SMILES string of the molecule is C=C(CCn1cnc(-c2ccc(Cl)c(F)c2)c1)NC(=O)CO[C@H]1C[C@@H](OC(F)(F)F)C1. The number of carbonyl (C=O) groups excluding carboxylic acids is 1. The maximum atomic E-state index is 13.6. The lowest BCUT2D eigenvalue weighted by atomic mass is 9.92. The largest absolute Gasteiger partial charge is 0.522 e. The van der Waals surface area contributed by atoms with Gasteiger partial charge in [-0.15, -0.1) is 13.2 Å². The highest BCUT2D eigenvalue weighted by atomic mass is 35.5. The quantitative estimate of drug-likeness (QED) is 0.560. The fourth-order valence-electron chi connectivity index (χ4n) is 2.98. The molecule has 0 unspecified atom stereocenters. The van der Waals surface area contributed by atoms with Crippen molar-refractivity contribution in [3.05, 3.63) is 53.8 Å². The van der Waals surface area contributed by atoms with E-state index in [4.69, 9.17) is 16.3 Å². The number of aromatic nitrogens is 2. The van der Waals surface area contributed by atoms with Gasteiger partial charge in [-0.1, -0.05) is 24.2 Å². The Bertz CT molecular complexity index is 942. The first kappa shape index (κ1) is 23.2. The lowest BCUT2D eigenvalue weighted by Crippen LogP contribution is -2.42. The minimum absolute atomic E-state index is 0.0333. The zero-order valence-corrected chi connectivity index (χ0v) is 17.0. The molecule has 0 saturated heterocycles. The van der Waals surface area contributed by atoms with Crippen molar-refractivity contribution in [1.82, 2.24) is 14.9 Å². The molecule has 0 spiro atoms. The van der Waals surface area contributed by atoms with E-state index in [2.05, 4.69) is 21.6 Å². The number of nitrogens with zero attached hydrogens (tertiary/aromatic N) is 2. The van der Waals surface area contributed by atoms with E-state index in [0.717, 1.165) is 0 Å². The van der Waals surface area contributed by atoms with Crippen LogP contribution in [0.5, 0.6) is 0 Å². The van der Waals surface area contributed by atoms with Crippen molar-refractivity contribution in [2.75, 3.05) is 6.61 Å². The van der Waals surface area contributed by atoms with Crippen LogP contribution in [0.25, 0.3) is 11.3 Å². The summed E-state index contributed by atoms with van der Waals surface area (Å²) >= 11 is 5.68. The van der Waals surface area contributed by atoms with Crippen molar-refractivity contribution < 1.29 is 31.8 Å². The molecule has 31 heavy (non-hydrogen) atoms. The highest BCUT2D eigenvalue weighted by Gasteiger charge is 2.40. The van der Waals surface area contributed by atoms with E-state index < -0.39 is 30.3 Å². The molecule has 0 bridgehead atoms. The van der Waals surface area contributed by atoms with Gasteiger partial charge in [0.15, 0.2) is 0 Å². The van der Waals surface area contributed by atoms with Crippen molar-refractivity contribution >= 4 is 17.5 Å². The predicted molar refractivity (Wildman–Crippen MR) is 104 cm³/mol. The average molecular weight is 462 g/mol. The van der Waals surface area contributed by atoms with Gasteiger partial charge in [-0.05, 0) is 12.1 Å². The summed E-state index contributed by atoms with van der Waals surface area (Å²) in [5, 5.41) is 2.62. The number of amides is 1. The maximum Gasteiger partial charge on any atom is 0.522 e. The molecule has 1 aliphatic rings. The number of rotatable bonds is 9. The molecule has 1 amide bonds. The van der Waals surface area contributed by atoms with E-state index in [-0.39, 0.29) is 24.5 Å². The number of nitrogens with one attached hydrogen (secondary N) is 1. The molecule has 168 valence electrons. The van der Waals surface area contributed by atoms with Crippen LogP contribution in [0, 0.1) is 5.82 Å². The van der Waals surface area contributed by atoms with Crippen molar-refractivity contribution in [3.63, 3.8) is 0 Å². The molecule has 1 aromatic carbocycles. The number of alkyl halides is 3. The number of ether oxygens (including phenoxy) is 2. The number of allylic oxidation sites excluding steroid dienone is 1. The Hall–Kier alpha value is -2.43. The van der Waals surface area contributed by atoms with Crippen LogP contribution in [0.2, 0.25) is 5.02 Å². The van der Waals surface area contributed by atoms with Crippen LogP contribution >= 0.6 is 11.6 Å². The molecule has 1 fully saturated rings. The molecule has 1 saturated carbocycles. The zero-order valence-electron chi connectivity index (χ0n) is 16.3. The van der Waals surface area contributed by atoms with Crippen LogP contribution in [-0.4, -0.2) is 40.6 Å². The lowest BCUT2D eigenvalue weighted by Gasteiger charge is -2.34. The third-order valence-corrected chi connectivity index (χ3v) is 4.95. The van der Waals surface area contributed by atoms with Gasteiger partial charge in [-0.2, -0.15) is 0 Å². The summed E-state index contributed by atoms with van der Waals surface area (Å²) in [6.45, 7) is 3.98. The molecule has 0 aliphatic heterocycles. The fraction of sp³-hybridized carbons (Fsp3) is 0.400. The highest BCUT2D eigenvalue weighted by molar-refractivity contribution is 6.30. The van der Waals surface area contributed by atoms with Crippen molar-refractivity contribution in [2.24, 2.45) is 0 Å². The van der Waals surface area contributed by atoms with E-state index in [9.17, 15) is 22.4 Å². The van der Waals surface area contributed by atoms with Gasteiger partial charge in [-0.3, -0.25) is 9.53 Å². The Kier molecular flexibility index (Phi) is 7.34. The molecule has 6 nitrogen and oxygen atoms in total. The molecule has 2 aromatic rings. The molecule has 0 atom stereocenters. The van der Waals surface area contributed by atoms with Crippen molar-refractivity contribution in [1.29, 1.82) is 0 Å². The number of hydrogen-bond donors (Lipinski definition) is 1. The molecule has 3 rings (SSSR count). The summed E-state index contributed by atoms with van der Waals surface area (Å²) in [6.07, 6.45) is -2.11. The number of imidazole rings is 1. The van der Waals surface area contributed by atoms with Gasteiger partial charge >= 0.3 is 6.36 Å². The Morgan fingerprint density at radius 3 is 2.74 bits per heavy atom. The Balaban J connectivity index is 1.35. The third-order valence-electron chi connectivity index (χ3n) is 4.64. The third kappa shape index (κ3) is 7.05. The summed E-state index contributed by atoms with van der Waals surface area (Å²) in [4.78, 5) is 16.1. The van der Waals surface area contributed by atoms with Gasteiger partial charge in [0.25, 0.3) is 0 Å². The molecule has 1 aromatic heterocycles. The smallest absolute Gasteiger partial charge is 0.368 e.